The summed E-state index contributed by atoms with van der Waals surface area (Å²) in [4.78, 5) is 23.3. The van der Waals surface area contributed by atoms with Crippen LogP contribution >= 0.6 is 0 Å². The highest BCUT2D eigenvalue weighted by atomic mass is 16.4. The van der Waals surface area contributed by atoms with Crippen molar-refractivity contribution in [1.29, 1.82) is 0 Å². The van der Waals surface area contributed by atoms with Crippen LogP contribution in [0.1, 0.15) is 32.6 Å². The van der Waals surface area contributed by atoms with Crippen molar-refractivity contribution in [2.45, 2.75) is 38.6 Å². The summed E-state index contributed by atoms with van der Waals surface area (Å²) in [6.45, 7) is 1.55. The molecule has 1 aliphatic rings. The maximum atomic E-state index is 11.1. The van der Waals surface area contributed by atoms with Crippen molar-refractivity contribution in [2.24, 2.45) is 5.92 Å². The molecular formula is C10H17NO3. The van der Waals surface area contributed by atoms with E-state index >= 15 is 0 Å². The van der Waals surface area contributed by atoms with E-state index in [1.165, 1.54) is 0 Å². The minimum atomic E-state index is -0.735. The van der Waals surface area contributed by atoms with E-state index in [4.69, 9.17) is 5.11 Å². The Morgan fingerprint density at radius 1 is 1.43 bits per heavy atom. The highest BCUT2D eigenvalue weighted by Gasteiger charge is 2.29. The lowest BCUT2D eigenvalue weighted by atomic mass is 10.0. The number of carboxylic acid groups (broad SMARTS) is 1. The van der Waals surface area contributed by atoms with Crippen LogP contribution < -0.4 is 0 Å². The maximum Gasteiger partial charge on any atom is 0.303 e. The quantitative estimate of drug-likeness (QED) is 0.740. The summed E-state index contributed by atoms with van der Waals surface area (Å²) in [5.41, 5.74) is 0. The Kier molecular flexibility index (Phi) is 3.49. The molecule has 14 heavy (non-hydrogen) atoms. The maximum absolute atomic E-state index is 11.1. The van der Waals surface area contributed by atoms with Gasteiger partial charge in [-0.3, -0.25) is 9.59 Å². The predicted octanol–water partition coefficient (Wildman–Crippen LogP) is 1.11. The molecule has 0 aromatic rings. The zero-order valence-electron chi connectivity index (χ0n) is 8.69. The van der Waals surface area contributed by atoms with Crippen molar-refractivity contribution in [3.63, 3.8) is 0 Å². The van der Waals surface area contributed by atoms with E-state index in [0.29, 0.717) is 0 Å². The van der Waals surface area contributed by atoms with Gasteiger partial charge in [-0.1, -0.05) is 0 Å². The number of carbonyl (C=O) groups is 2. The van der Waals surface area contributed by atoms with Gasteiger partial charge in [-0.05, 0) is 25.2 Å². The van der Waals surface area contributed by atoms with Crippen molar-refractivity contribution in [1.82, 2.24) is 4.90 Å². The van der Waals surface area contributed by atoms with Crippen LogP contribution in [0.4, 0.5) is 0 Å². The lowest BCUT2D eigenvalue weighted by molar-refractivity contribution is -0.138. The topological polar surface area (TPSA) is 57.6 Å². The van der Waals surface area contributed by atoms with E-state index < -0.39 is 5.97 Å². The standard InChI is InChI=1S/C10H17NO3/c1-7(12)11(2)9-4-3-8(5-9)6-10(13)14/h8-9H,3-6H2,1-2H3,(H,13,14). The molecule has 1 fully saturated rings. The van der Waals surface area contributed by atoms with E-state index in [1.807, 2.05) is 0 Å². The fourth-order valence-corrected chi connectivity index (χ4v) is 2.09. The first-order valence-electron chi connectivity index (χ1n) is 4.96. The molecule has 1 rings (SSSR count). The van der Waals surface area contributed by atoms with Gasteiger partial charge in [0.15, 0.2) is 0 Å². The second-order valence-electron chi connectivity index (χ2n) is 4.06. The molecule has 4 nitrogen and oxygen atoms in total. The second kappa shape index (κ2) is 4.44. The number of carbonyl (C=O) groups excluding carboxylic acids is 1. The third kappa shape index (κ3) is 2.72. The van der Waals surface area contributed by atoms with E-state index in [-0.39, 0.29) is 24.3 Å². The third-order valence-electron chi connectivity index (χ3n) is 3.02. The number of hydrogen-bond acceptors (Lipinski definition) is 2. The molecule has 2 unspecified atom stereocenters. The Hall–Kier alpha value is -1.06. The van der Waals surface area contributed by atoms with Crippen LogP contribution in [0.3, 0.4) is 0 Å². The molecule has 80 valence electrons. The molecule has 2 atom stereocenters. The first-order valence-corrected chi connectivity index (χ1v) is 4.96. The molecule has 1 amide bonds. The van der Waals surface area contributed by atoms with Crippen molar-refractivity contribution >= 4 is 11.9 Å². The average molecular weight is 199 g/mol. The molecular weight excluding hydrogens is 182 g/mol. The molecule has 1 aliphatic carbocycles. The molecule has 4 heteroatoms. The van der Waals surface area contributed by atoms with Gasteiger partial charge < -0.3 is 10.0 Å². The van der Waals surface area contributed by atoms with E-state index in [0.717, 1.165) is 19.3 Å². The number of amides is 1. The highest BCUT2D eigenvalue weighted by Crippen LogP contribution is 2.30. The predicted molar refractivity (Wildman–Crippen MR) is 51.8 cm³/mol. The molecule has 1 N–H and O–H groups in total. The van der Waals surface area contributed by atoms with Gasteiger partial charge in [-0.15, -0.1) is 0 Å². The molecule has 0 radical (unpaired) electrons. The number of nitrogens with zero attached hydrogens (tertiary/aromatic N) is 1. The summed E-state index contributed by atoms with van der Waals surface area (Å²) in [7, 11) is 1.79. The van der Waals surface area contributed by atoms with Crippen LogP contribution in [0.2, 0.25) is 0 Å². The van der Waals surface area contributed by atoms with Gasteiger partial charge in [-0.25, -0.2) is 0 Å². The van der Waals surface area contributed by atoms with Gasteiger partial charge in [0.25, 0.3) is 0 Å². The van der Waals surface area contributed by atoms with Crippen molar-refractivity contribution in [3.8, 4) is 0 Å². The van der Waals surface area contributed by atoms with Gasteiger partial charge in [0.2, 0.25) is 5.91 Å². The van der Waals surface area contributed by atoms with Crippen LogP contribution in [-0.2, 0) is 9.59 Å². The minimum absolute atomic E-state index is 0.0611. The summed E-state index contributed by atoms with van der Waals surface area (Å²) in [5.74, 6) is -0.425. The Labute approximate surface area is 83.9 Å². The van der Waals surface area contributed by atoms with Crippen LogP contribution in [0, 0.1) is 5.92 Å². The molecule has 0 aromatic heterocycles. The van der Waals surface area contributed by atoms with Crippen molar-refractivity contribution < 1.29 is 14.7 Å². The Balaban J connectivity index is 2.41. The van der Waals surface area contributed by atoms with Gasteiger partial charge in [0.05, 0.1) is 0 Å². The van der Waals surface area contributed by atoms with Crippen molar-refractivity contribution in [3.05, 3.63) is 0 Å². The zero-order valence-corrected chi connectivity index (χ0v) is 8.69. The summed E-state index contributed by atoms with van der Waals surface area (Å²) in [6, 6.07) is 0.247. The van der Waals surface area contributed by atoms with Crippen molar-refractivity contribution in [2.75, 3.05) is 7.05 Å². The first-order chi connectivity index (χ1) is 6.50. The van der Waals surface area contributed by atoms with Crippen LogP contribution in [-0.4, -0.2) is 35.0 Å². The van der Waals surface area contributed by atoms with Crippen LogP contribution in [0.15, 0.2) is 0 Å². The number of carboxylic acids is 1. The molecule has 0 heterocycles. The van der Waals surface area contributed by atoms with E-state index in [2.05, 4.69) is 0 Å². The van der Waals surface area contributed by atoms with E-state index in [1.54, 1.807) is 18.9 Å². The molecule has 0 aliphatic heterocycles. The van der Waals surface area contributed by atoms with Gasteiger partial charge in [0, 0.05) is 26.4 Å². The molecule has 1 saturated carbocycles. The summed E-state index contributed by atoms with van der Waals surface area (Å²) >= 11 is 0. The Bertz CT molecular complexity index is 240. The van der Waals surface area contributed by atoms with E-state index in [9.17, 15) is 9.59 Å². The smallest absolute Gasteiger partial charge is 0.303 e. The fraction of sp³-hybridized carbons (Fsp3) is 0.800. The largest absolute Gasteiger partial charge is 0.481 e. The monoisotopic (exact) mass is 199 g/mol. The minimum Gasteiger partial charge on any atom is -0.481 e. The Morgan fingerprint density at radius 2 is 2.07 bits per heavy atom. The summed E-state index contributed by atoms with van der Waals surface area (Å²) < 4.78 is 0. The first kappa shape index (κ1) is 11.0. The lowest BCUT2D eigenvalue weighted by Gasteiger charge is -2.22. The second-order valence-corrected chi connectivity index (χ2v) is 4.06. The lowest BCUT2D eigenvalue weighted by Crippen LogP contribution is -2.33. The average Bonchev–Trinajstić information content (AvgIpc) is 2.50. The van der Waals surface area contributed by atoms with Gasteiger partial charge in [0.1, 0.15) is 0 Å². The fourth-order valence-electron chi connectivity index (χ4n) is 2.09. The SMILES string of the molecule is CC(=O)N(C)C1CCC(CC(=O)O)C1. The summed E-state index contributed by atoms with van der Waals surface area (Å²) in [6.07, 6.45) is 2.94. The molecule has 0 spiro atoms. The summed E-state index contributed by atoms with van der Waals surface area (Å²) in [5, 5.41) is 8.63. The zero-order chi connectivity index (χ0) is 10.7. The third-order valence-corrected chi connectivity index (χ3v) is 3.02. The number of hydrogen-bond donors (Lipinski definition) is 1. The van der Waals surface area contributed by atoms with Gasteiger partial charge in [-0.2, -0.15) is 0 Å². The molecule has 0 bridgehead atoms. The normalized spacial score (nSPS) is 26.1. The Morgan fingerprint density at radius 3 is 2.57 bits per heavy atom. The highest BCUT2D eigenvalue weighted by molar-refractivity contribution is 5.73. The molecule has 0 aromatic carbocycles. The number of aliphatic carboxylic acids is 1. The van der Waals surface area contributed by atoms with Gasteiger partial charge >= 0.3 is 5.97 Å². The van der Waals surface area contributed by atoms with Crippen LogP contribution in [0.5, 0.6) is 0 Å². The number of rotatable bonds is 3. The van der Waals surface area contributed by atoms with Crippen LogP contribution in [0.25, 0.3) is 0 Å². The molecule has 0 saturated heterocycles.